The average molecular weight is 392 g/mol. The van der Waals surface area contributed by atoms with Crippen LogP contribution >= 0.6 is 0 Å². The molecule has 2 aliphatic heterocycles. The van der Waals surface area contributed by atoms with E-state index in [4.69, 9.17) is 18.9 Å². The van der Waals surface area contributed by atoms with E-state index in [9.17, 15) is 0 Å². The molecule has 1 aliphatic carbocycles. The van der Waals surface area contributed by atoms with Crippen molar-refractivity contribution in [2.45, 2.75) is 43.8 Å². The first kappa shape index (κ1) is 18.7. The van der Waals surface area contributed by atoms with Gasteiger partial charge in [0, 0.05) is 11.8 Å². The third-order valence-corrected chi connectivity index (χ3v) is 5.97. The van der Waals surface area contributed by atoms with Gasteiger partial charge < -0.3 is 18.9 Å². The van der Waals surface area contributed by atoms with E-state index < -0.39 is 0 Å². The second-order valence-electron chi connectivity index (χ2n) is 8.30. The molecule has 4 unspecified atom stereocenters. The summed E-state index contributed by atoms with van der Waals surface area (Å²) in [6.45, 7) is 5.10. The maximum atomic E-state index is 5.86. The van der Waals surface area contributed by atoms with Crippen molar-refractivity contribution < 1.29 is 18.9 Å². The van der Waals surface area contributed by atoms with E-state index in [1.165, 1.54) is 16.7 Å². The van der Waals surface area contributed by atoms with E-state index in [1.54, 1.807) is 0 Å². The van der Waals surface area contributed by atoms with Crippen molar-refractivity contribution in [2.75, 3.05) is 26.4 Å². The first-order valence-corrected chi connectivity index (χ1v) is 10.6. The summed E-state index contributed by atoms with van der Waals surface area (Å²) in [6, 6.07) is 15.1. The number of allylic oxidation sites excluding steroid dienone is 2. The molecule has 4 heteroatoms. The highest BCUT2D eigenvalue weighted by atomic mass is 16.6. The quantitative estimate of drug-likeness (QED) is 0.480. The molecular weight excluding hydrogens is 364 g/mol. The Hall–Kier alpha value is -2.30. The number of aryl methyl sites for hydroxylation is 1. The molecule has 0 spiro atoms. The Labute approximate surface area is 172 Å². The third-order valence-electron chi connectivity index (χ3n) is 5.97. The van der Waals surface area contributed by atoms with Crippen molar-refractivity contribution in [2.24, 2.45) is 0 Å². The van der Waals surface area contributed by atoms with Gasteiger partial charge in [0.2, 0.25) is 0 Å². The third kappa shape index (κ3) is 4.82. The first-order valence-electron chi connectivity index (χ1n) is 10.6. The fraction of sp³-hybridized carbons (Fsp3) is 0.440. The van der Waals surface area contributed by atoms with E-state index in [1.807, 2.05) is 0 Å². The maximum absolute atomic E-state index is 5.86. The molecule has 0 radical (unpaired) electrons. The zero-order valence-corrected chi connectivity index (χ0v) is 16.9. The fourth-order valence-corrected chi connectivity index (χ4v) is 3.95. The van der Waals surface area contributed by atoms with Crippen LogP contribution < -0.4 is 9.47 Å². The van der Waals surface area contributed by atoms with Crippen molar-refractivity contribution in [1.82, 2.24) is 0 Å². The molecule has 0 saturated carbocycles. The summed E-state index contributed by atoms with van der Waals surface area (Å²) < 4.78 is 22.0. The molecule has 4 nitrogen and oxygen atoms in total. The van der Waals surface area contributed by atoms with Crippen molar-refractivity contribution >= 4 is 0 Å². The van der Waals surface area contributed by atoms with Crippen molar-refractivity contribution in [3.05, 3.63) is 71.3 Å². The van der Waals surface area contributed by atoms with Gasteiger partial charge in [0.25, 0.3) is 0 Å². The summed E-state index contributed by atoms with van der Waals surface area (Å²) in [7, 11) is 0. The largest absolute Gasteiger partial charge is 0.491 e. The lowest BCUT2D eigenvalue weighted by Gasteiger charge is -2.24. The normalized spacial score (nSPS) is 27.5. The van der Waals surface area contributed by atoms with Gasteiger partial charge >= 0.3 is 0 Å². The molecule has 0 bridgehead atoms. The summed E-state index contributed by atoms with van der Waals surface area (Å²) in [4.78, 5) is 0. The Morgan fingerprint density at radius 2 is 1.38 bits per heavy atom. The van der Waals surface area contributed by atoms with Gasteiger partial charge in [-0.1, -0.05) is 36.4 Å². The molecular formula is C25H28O4. The van der Waals surface area contributed by atoms with Gasteiger partial charge in [0.05, 0.1) is 13.2 Å². The van der Waals surface area contributed by atoms with E-state index in [0.717, 1.165) is 37.6 Å². The van der Waals surface area contributed by atoms with Crippen LogP contribution in [0.5, 0.6) is 11.5 Å². The van der Waals surface area contributed by atoms with Gasteiger partial charge in [-0.15, -0.1) is 0 Å². The lowest BCUT2D eigenvalue weighted by molar-refractivity contribution is 0.261. The molecule has 2 fully saturated rings. The standard InChI is InChI=1S/C25H28O4/c1-17-12-21(8-11-25(17)29-16-24-15-28-24)20-4-2-18(3-5-20)19-6-9-22(10-7-19)26-13-23-14-27-23/h2,4,6-12,18,20,23-24H,3,5,13-16H2,1H3. The molecule has 2 aromatic carbocycles. The molecule has 29 heavy (non-hydrogen) atoms. The summed E-state index contributed by atoms with van der Waals surface area (Å²) >= 11 is 0. The SMILES string of the molecule is Cc1cc(C2C=CC(c3ccc(OCC4CO4)cc3)CC2)ccc1OCC1CO1. The van der Waals surface area contributed by atoms with Crippen LogP contribution in [0.1, 0.15) is 41.4 Å². The highest BCUT2D eigenvalue weighted by Crippen LogP contribution is 2.37. The zero-order valence-electron chi connectivity index (χ0n) is 16.9. The lowest BCUT2D eigenvalue weighted by Crippen LogP contribution is -2.08. The van der Waals surface area contributed by atoms with Crippen LogP contribution in [0.4, 0.5) is 0 Å². The van der Waals surface area contributed by atoms with Gasteiger partial charge in [-0.25, -0.2) is 0 Å². The van der Waals surface area contributed by atoms with Gasteiger partial charge in [0.15, 0.2) is 0 Å². The molecule has 2 saturated heterocycles. The van der Waals surface area contributed by atoms with Crippen LogP contribution in [0.2, 0.25) is 0 Å². The Morgan fingerprint density at radius 3 is 1.97 bits per heavy atom. The number of hydrogen-bond donors (Lipinski definition) is 0. The molecule has 4 atom stereocenters. The molecule has 0 amide bonds. The summed E-state index contributed by atoms with van der Waals surface area (Å²) in [6.07, 6.45) is 7.65. The van der Waals surface area contributed by atoms with Crippen LogP contribution in [0, 0.1) is 6.92 Å². The second-order valence-corrected chi connectivity index (χ2v) is 8.30. The van der Waals surface area contributed by atoms with Crippen LogP contribution in [0.25, 0.3) is 0 Å². The average Bonchev–Trinajstić information content (AvgIpc) is 3.67. The van der Waals surface area contributed by atoms with E-state index in [0.29, 0.717) is 37.3 Å². The van der Waals surface area contributed by atoms with Crippen molar-refractivity contribution in [1.29, 1.82) is 0 Å². The molecule has 3 aliphatic rings. The summed E-state index contributed by atoms with van der Waals surface area (Å²) in [5, 5.41) is 0. The van der Waals surface area contributed by atoms with Crippen LogP contribution in [0.15, 0.2) is 54.6 Å². The van der Waals surface area contributed by atoms with Crippen LogP contribution in [-0.2, 0) is 9.47 Å². The highest BCUT2D eigenvalue weighted by molar-refractivity contribution is 5.40. The smallest absolute Gasteiger partial charge is 0.122 e. The van der Waals surface area contributed by atoms with Crippen LogP contribution in [0.3, 0.4) is 0 Å². The predicted octanol–water partition coefficient (Wildman–Crippen LogP) is 4.77. The molecule has 0 N–H and O–H groups in total. The first-order chi connectivity index (χ1) is 14.2. The van der Waals surface area contributed by atoms with Crippen molar-refractivity contribution in [3.8, 4) is 11.5 Å². The molecule has 152 valence electrons. The monoisotopic (exact) mass is 392 g/mol. The van der Waals surface area contributed by atoms with Gasteiger partial charge in [-0.3, -0.25) is 0 Å². The minimum atomic E-state index is 0.292. The van der Waals surface area contributed by atoms with E-state index >= 15 is 0 Å². The van der Waals surface area contributed by atoms with E-state index in [2.05, 4.69) is 61.5 Å². The number of hydrogen-bond acceptors (Lipinski definition) is 4. The zero-order chi connectivity index (χ0) is 19.6. The van der Waals surface area contributed by atoms with E-state index in [-0.39, 0.29) is 0 Å². The lowest BCUT2D eigenvalue weighted by atomic mass is 9.81. The Morgan fingerprint density at radius 1 is 0.793 bits per heavy atom. The minimum absolute atomic E-state index is 0.292. The Bertz CT molecular complexity index is 865. The maximum Gasteiger partial charge on any atom is 0.122 e. The number of ether oxygens (including phenoxy) is 4. The topological polar surface area (TPSA) is 43.5 Å². The van der Waals surface area contributed by atoms with Gasteiger partial charge in [0.1, 0.15) is 36.9 Å². The minimum Gasteiger partial charge on any atom is -0.491 e. The summed E-state index contributed by atoms with van der Waals surface area (Å²) in [5.74, 6) is 2.85. The number of epoxide rings is 2. The van der Waals surface area contributed by atoms with Gasteiger partial charge in [-0.05, 0) is 54.7 Å². The molecule has 0 aromatic heterocycles. The fourth-order valence-electron chi connectivity index (χ4n) is 3.95. The predicted molar refractivity (Wildman–Crippen MR) is 112 cm³/mol. The van der Waals surface area contributed by atoms with Gasteiger partial charge in [-0.2, -0.15) is 0 Å². The Kier molecular flexibility index (Phi) is 5.30. The van der Waals surface area contributed by atoms with Crippen molar-refractivity contribution in [3.63, 3.8) is 0 Å². The molecule has 5 rings (SSSR count). The highest BCUT2D eigenvalue weighted by Gasteiger charge is 2.24. The molecule has 2 heterocycles. The number of rotatable bonds is 8. The number of benzene rings is 2. The second kappa shape index (κ2) is 8.21. The van der Waals surface area contributed by atoms with Crippen LogP contribution in [-0.4, -0.2) is 38.6 Å². The molecule has 2 aromatic rings. The Balaban J connectivity index is 1.19. The summed E-state index contributed by atoms with van der Waals surface area (Å²) in [5.41, 5.74) is 3.93.